The van der Waals surface area contributed by atoms with Gasteiger partial charge in [0.25, 0.3) is 0 Å². The van der Waals surface area contributed by atoms with E-state index >= 15 is 0 Å². The molecule has 7 nitrogen and oxygen atoms in total. The van der Waals surface area contributed by atoms with Gasteiger partial charge >= 0.3 is 6.18 Å². The Bertz CT molecular complexity index is 1080. The van der Waals surface area contributed by atoms with E-state index in [-0.39, 0.29) is 18.4 Å². The second-order valence-corrected chi connectivity index (χ2v) is 9.06. The smallest absolute Gasteiger partial charge is 0.396 e. The lowest BCUT2D eigenvalue weighted by molar-refractivity contribution is -0.138. The average molecular weight is 461 g/mol. The number of fused-ring (bicyclic) bond motifs is 1. The summed E-state index contributed by atoms with van der Waals surface area (Å²) in [6, 6.07) is 5.32. The maximum Gasteiger partial charge on any atom is 0.417 e. The molecule has 2 aliphatic heterocycles. The van der Waals surface area contributed by atoms with Crippen LogP contribution in [-0.2, 0) is 17.5 Å². The number of halogens is 3. The van der Waals surface area contributed by atoms with Crippen LogP contribution in [0.15, 0.2) is 30.6 Å². The number of aliphatic hydroxyl groups excluding tert-OH is 1. The van der Waals surface area contributed by atoms with Crippen molar-refractivity contribution in [3.8, 4) is 6.07 Å². The lowest BCUT2D eigenvalue weighted by atomic mass is 9.73. The predicted molar refractivity (Wildman–Crippen MR) is 114 cm³/mol. The number of carbonyl (C=O) groups excluding carboxylic acids is 1. The van der Waals surface area contributed by atoms with Gasteiger partial charge < -0.3 is 14.9 Å². The Morgan fingerprint density at radius 3 is 2.79 bits per heavy atom. The van der Waals surface area contributed by atoms with Crippen LogP contribution in [0, 0.1) is 29.6 Å². The van der Waals surface area contributed by atoms with Crippen molar-refractivity contribution in [3.63, 3.8) is 0 Å². The van der Waals surface area contributed by atoms with Gasteiger partial charge in [0.15, 0.2) is 0 Å². The number of alkyl halides is 3. The third-order valence-electron chi connectivity index (χ3n) is 6.91. The van der Waals surface area contributed by atoms with Crippen LogP contribution in [0.3, 0.4) is 0 Å². The number of aliphatic hydroxyl groups is 1. The molecule has 3 heterocycles. The zero-order valence-electron chi connectivity index (χ0n) is 18.3. The topological polar surface area (TPSA) is 85.4 Å². The van der Waals surface area contributed by atoms with E-state index in [1.54, 1.807) is 21.8 Å². The van der Waals surface area contributed by atoms with Gasteiger partial charge in [-0.25, -0.2) is 0 Å². The maximum atomic E-state index is 13.4. The Labute approximate surface area is 190 Å². The minimum absolute atomic E-state index is 0.00544. The van der Waals surface area contributed by atoms with Crippen molar-refractivity contribution in [1.82, 2.24) is 14.7 Å². The van der Waals surface area contributed by atoms with Gasteiger partial charge in [0.1, 0.15) is 0 Å². The molecule has 1 N–H and O–H groups in total. The van der Waals surface area contributed by atoms with Gasteiger partial charge in [-0.15, -0.1) is 0 Å². The van der Waals surface area contributed by atoms with Crippen LogP contribution < -0.4 is 4.90 Å². The second kappa shape index (κ2) is 8.71. The van der Waals surface area contributed by atoms with E-state index in [9.17, 15) is 23.1 Å². The number of nitriles is 1. The van der Waals surface area contributed by atoms with E-state index in [0.29, 0.717) is 51.3 Å². The molecule has 1 aromatic heterocycles. The number of aryl methyl sites for hydroxylation is 2. The number of anilines is 1. The number of carbonyl (C=O) groups is 1. The molecule has 1 amide bonds. The molecule has 2 saturated heterocycles. The molecule has 2 atom stereocenters. The summed E-state index contributed by atoms with van der Waals surface area (Å²) in [4.78, 5) is 16.4. The van der Waals surface area contributed by atoms with Crippen LogP contribution in [0.4, 0.5) is 18.9 Å². The quantitative estimate of drug-likeness (QED) is 0.740. The van der Waals surface area contributed by atoms with Crippen molar-refractivity contribution >= 4 is 11.6 Å². The molecule has 0 aliphatic carbocycles. The lowest BCUT2D eigenvalue weighted by Crippen LogP contribution is -2.50. The molecule has 0 unspecified atom stereocenters. The number of benzene rings is 1. The largest absolute Gasteiger partial charge is 0.417 e. The maximum absolute atomic E-state index is 13.4. The fraction of sp³-hybridized carbons (Fsp3) is 0.522. The summed E-state index contributed by atoms with van der Waals surface area (Å²) in [5.41, 5.74) is -0.446. The number of amides is 1. The molecule has 33 heavy (non-hydrogen) atoms. The summed E-state index contributed by atoms with van der Waals surface area (Å²) < 4.78 is 42.0. The van der Waals surface area contributed by atoms with Gasteiger partial charge in [0.2, 0.25) is 5.91 Å². The van der Waals surface area contributed by atoms with Gasteiger partial charge in [0, 0.05) is 62.4 Å². The van der Waals surface area contributed by atoms with Gasteiger partial charge in [-0.3, -0.25) is 9.48 Å². The van der Waals surface area contributed by atoms with Crippen molar-refractivity contribution in [2.75, 3.05) is 37.7 Å². The van der Waals surface area contributed by atoms with Crippen molar-refractivity contribution in [2.24, 2.45) is 11.3 Å². The molecule has 0 saturated carbocycles. The number of likely N-dealkylation sites (tertiary alicyclic amines) is 1. The van der Waals surface area contributed by atoms with E-state index < -0.39 is 22.7 Å². The highest BCUT2D eigenvalue weighted by Crippen LogP contribution is 2.45. The van der Waals surface area contributed by atoms with E-state index in [0.717, 1.165) is 11.6 Å². The molecule has 176 valence electrons. The Morgan fingerprint density at radius 2 is 2.15 bits per heavy atom. The predicted octanol–water partition coefficient (Wildman–Crippen LogP) is 2.82. The summed E-state index contributed by atoms with van der Waals surface area (Å²) in [7, 11) is 0. The number of piperidine rings is 1. The normalized spacial score (nSPS) is 22.8. The van der Waals surface area contributed by atoms with Crippen molar-refractivity contribution in [3.05, 3.63) is 47.3 Å². The molecular formula is C23H26F3N5O2. The fourth-order valence-corrected chi connectivity index (χ4v) is 4.98. The summed E-state index contributed by atoms with van der Waals surface area (Å²) in [5, 5.41) is 23.4. The Balaban J connectivity index is 1.47. The molecule has 2 aliphatic rings. The van der Waals surface area contributed by atoms with Crippen LogP contribution in [0.1, 0.15) is 29.5 Å². The van der Waals surface area contributed by atoms with Crippen molar-refractivity contribution < 1.29 is 23.1 Å². The Hall–Kier alpha value is -3.06. The summed E-state index contributed by atoms with van der Waals surface area (Å²) in [5.74, 6) is -0.0528. The molecule has 2 aromatic rings. The fourth-order valence-electron chi connectivity index (χ4n) is 4.98. The molecule has 0 radical (unpaired) electrons. The van der Waals surface area contributed by atoms with Crippen LogP contribution >= 0.6 is 0 Å². The van der Waals surface area contributed by atoms with Crippen LogP contribution in [-0.4, -0.2) is 58.5 Å². The number of rotatable bonds is 5. The van der Waals surface area contributed by atoms with E-state index in [4.69, 9.17) is 5.26 Å². The van der Waals surface area contributed by atoms with Crippen molar-refractivity contribution in [2.45, 2.75) is 32.5 Å². The summed E-state index contributed by atoms with van der Waals surface area (Å²) >= 11 is 0. The first kappa shape index (κ1) is 23.1. The van der Waals surface area contributed by atoms with E-state index in [1.807, 2.05) is 18.0 Å². The number of nitrogens with zero attached hydrogens (tertiary/aromatic N) is 5. The number of hydrogen-bond acceptors (Lipinski definition) is 5. The first-order chi connectivity index (χ1) is 15.6. The highest BCUT2D eigenvalue weighted by Gasteiger charge is 2.50. The Morgan fingerprint density at radius 1 is 1.36 bits per heavy atom. The average Bonchev–Trinajstić information content (AvgIpc) is 3.39. The minimum Gasteiger partial charge on any atom is -0.396 e. The molecule has 0 bridgehead atoms. The van der Waals surface area contributed by atoms with Gasteiger partial charge in [-0.05, 0) is 37.1 Å². The second-order valence-electron chi connectivity index (χ2n) is 9.06. The van der Waals surface area contributed by atoms with Crippen LogP contribution in [0.25, 0.3) is 0 Å². The third-order valence-corrected chi connectivity index (χ3v) is 6.91. The van der Waals surface area contributed by atoms with Crippen LogP contribution in [0.5, 0.6) is 0 Å². The minimum atomic E-state index is -4.63. The number of hydrogen-bond donors (Lipinski definition) is 1. The molecule has 10 heteroatoms. The van der Waals surface area contributed by atoms with E-state index in [2.05, 4.69) is 5.10 Å². The monoisotopic (exact) mass is 461 g/mol. The van der Waals surface area contributed by atoms with E-state index in [1.165, 1.54) is 12.1 Å². The van der Waals surface area contributed by atoms with Gasteiger partial charge in [0.05, 0.1) is 30.0 Å². The third kappa shape index (κ3) is 4.55. The zero-order chi connectivity index (χ0) is 23.8. The van der Waals surface area contributed by atoms with Gasteiger partial charge in [-0.1, -0.05) is 0 Å². The highest BCUT2D eigenvalue weighted by atomic mass is 19.4. The lowest BCUT2D eigenvalue weighted by Gasteiger charge is -2.42. The van der Waals surface area contributed by atoms with Gasteiger partial charge in [-0.2, -0.15) is 23.5 Å². The highest BCUT2D eigenvalue weighted by molar-refractivity contribution is 5.76. The first-order valence-corrected chi connectivity index (χ1v) is 10.9. The molecule has 2 fully saturated rings. The summed E-state index contributed by atoms with van der Waals surface area (Å²) in [6.45, 7) is 4.13. The molecule has 1 aromatic carbocycles. The SMILES string of the molecule is Cc1cnn(CCC(=O)N2CC[C@@]3(CO)CN(c4ccc(C#N)c(C(F)(F)F)c4)C[C@H]3C2)c1. The first-order valence-electron chi connectivity index (χ1n) is 10.9. The molecule has 0 spiro atoms. The zero-order valence-corrected chi connectivity index (χ0v) is 18.3. The standard InChI is InChI=1S/C23H26F3N5O2/c1-16-10-28-31(11-16)6-4-21(33)29-7-5-22(15-32)14-30(13-18(22)12-29)19-3-2-17(9-27)20(8-19)23(24,25)26/h2-3,8,10-11,18,32H,4-7,12-15H2,1H3/t18-,22+/m1/s1. The van der Waals surface area contributed by atoms with Crippen molar-refractivity contribution in [1.29, 1.82) is 5.26 Å². The molecular weight excluding hydrogens is 435 g/mol. The summed E-state index contributed by atoms with van der Waals surface area (Å²) in [6.07, 6.45) is -0.115. The molecule has 4 rings (SSSR count). The van der Waals surface area contributed by atoms with Crippen LogP contribution in [0.2, 0.25) is 0 Å². The Kier molecular flexibility index (Phi) is 6.10. The number of aromatic nitrogens is 2.